The fourth-order valence-corrected chi connectivity index (χ4v) is 4.28. The van der Waals surface area contributed by atoms with Crippen LogP contribution in [0.1, 0.15) is 37.7 Å². The molecule has 4 rings (SSSR count). The number of hydrogen-bond donors (Lipinski definition) is 0. The number of carbonyl (C=O) groups excluding carboxylic acids is 1. The van der Waals surface area contributed by atoms with E-state index >= 15 is 0 Å². The minimum Gasteiger partial charge on any atom is -0.485 e. The molecule has 0 aromatic heterocycles. The summed E-state index contributed by atoms with van der Waals surface area (Å²) >= 11 is 0. The maximum absolute atomic E-state index is 13.4. The Kier molecular flexibility index (Phi) is 4.17. The zero-order valence-corrected chi connectivity index (χ0v) is 14.2. The molecule has 3 heteroatoms. The highest BCUT2D eigenvalue weighted by atomic mass is 16.5. The minimum atomic E-state index is -0.126. The SMILES string of the molecule is CCC1CCN(C(=O)C2c3ccccc3OC3C=CC=CC32)CC1. The summed E-state index contributed by atoms with van der Waals surface area (Å²) in [4.78, 5) is 15.5. The minimum absolute atomic E-state index is 0.0352. The Morgan fingerprint density at radius 2 is 1.92 bits per heavy atom. The van der Waals surface area contributed by atoms with Crippen LogP contribution in [0.5, 0.6) is 5.75 Å². The van der Waals surface area contributed by atoms with Crippen molar-refractivity contribution in [3.63, 3.8) is 0 Å². The molecule has 0 N–H and O–H groups in total. The fraction of sp³-hybridized carbons (Fsp3) is 0.476. The second kappa shape index (κ2) is 6.46. The van der Waals surface area contributed by atoms with Gasteiger partial charge in [0.15, 0.2) is 0 Å². The number of piperidine rings is 1. The van der Waals surface area contributed by atoms with Crippen LogP contribution < -0.4 is 4.74 Å². The lowest BCUT2D eigenvalue weighted by Gasteiger charge is -2.41. The molecular formula is C21H25NO2. The van der Waals surface area contributed by atoms with Gasteiger partial charge < -0.3 is 9.64 Å². The van der Waals surface area contributed by atoms with Gasteiger partial charge in [0.1, 0.15) is 11.9 Å². The Hall–Kier alpha value is -2.03. The number of carbonyl (C=O) groups is 1. The number of para-hydroxylation sites is 1. The second-order valence-corrected chi connectivity index (χ2v) is 7.12. The number of rotatable bonds is 2. The van der Waals surface area contributed by atoms with Crippen LogP contribution in [-0.2, 0) is 4.79 Å². The van der Waals surface area contributed by atoms with Crippen LogP contribution in [-0.4, -0.2) is 30.0 Å². The molecule has 1 aromatic carbocycles. The van der Waals surface area contributed by atoms with E-state index in [2.05, 4.69) is 30.0 Å². The summed E-state index contributed by atoms with van der Waals surface area (Å²) < 4.78 is 6.13. The Balaban J connectivity index is 1.63. The molecule has 0 spiro atoms. The first kappa shape index (κ1) is 15.5. The third-order valence-electron chi connectivity index (χ3n) is 5.80. The van der Waals surface area contributed by atoms with Crippen LogP contribution in [0.15, 0.2) is 48.6 Å². The highest BCUT2D eigenvalue weighted by molar-refractivity contribution is 5.86. The molecule has 2 heterocycles. The van der Waals surface area contributed by atoms with Crippen LogP contribution in [0.3, 0.4) is 0 Å². The molecule has 3 aliphatic rings. The first-order valence-corrected chi connectivity index (χ1v) is 9.17. The smallest absolute Gasteiger partial charge is 0.231 e. The van der Waals surface area contributed by atoms with Crippen molar-refractivity contribution in [2.75, 3.05) is 13.1 Å². The fourth-order valence-electron chi connectivity index (χ4n) is 4.28. The number of nitrogens with zero attached hydrogens (tertiary/aromatic N) is 1. The van der Waals surface area contributed by atoms with Crippen molar-refractivity contribution < 1.29 is 9.53 Å². The highest BCUT2D eigenvalue weighted by Gasteiger charge is 2.42. The van der Waals surface area contributed by atoms with Gasteiger partial charge in [-0.3, -0.25) is 4.79 Å². The van der Waals surface area contributed by atoms with Crippen LogP contribution in [0.4, 0.5) is 0 Å². The Morgan fingerprint density at radius 1 is 1.17 bits per heavy atom. The van der Waals surface area contributed by atoms with Gasteiger partial charge in [0.2, 0.25) is 5.91 Å². The van der Waals surface area contributed by atoms with Crippen molar-refractivity contribution in [2.24, 2.45) is 11.8 Å². The summed E-state index contributed by atoms with van der Waals surface area (Å²) in [6.45, 7) is 4.04. The van der Waals surface area contributed by atoms with E-state index in [-0.39, 0.29) is 23.8 Å². The average molecular weight is 323 g/mol. The standard InChI is InChI=1S/C21H25NO2/c1-2-15-11-13-22(14-12-15)21(23)20-16-7-3-5-9-18(16)24-19-10-6-4-8-17(19)20/h3-10,15-16,18,20H,2,11-14H2,1H3. The van der Waals surface area contributed by atoms with Crippen LogP contribution in [0, 0.1) is 11.8 Å². The van der Waals surface area contributed by atoms with Gasteiger partial charge in [0.25, 0.3) is 0 Å². The summed E-state index contributed by atoms with van der Waals surface area (Å²) in [6.07, 6.45) is 11.7. The summed E-state index contributed by atoms with van der Waals surface area (Å²) in [6, 6.07) is 8.03. The molecule has 3 unspecified atom stereocenters. The van der Waals surface area contributed by atoms with Gasteiger partial charge in [0.05, 0.1) is 5.92 Å². The van der Waals surface area contributed by atoms with E-state index < -0.39 is 0 Å². The predicted octanol–water partition coefficient (Wildman–Crippen LogP) is 3.92. The summed E-state index contributed by atoms with van der Waals surface area (Å²) in [5.41, 5.74) is 1.04. The molecule has 2 aliphatic heterocycles. The van der Waals surface area contributed by atoms with E-state index in [1.807, 2.05) is 30.4 Å². The number of benzene rings is 1. The monoisotopic (exact) mass is 323 g/mol. The number of likely N-dealkylation sites (tertiary alicyclic amines) is 1. The van der Waals surface area contributed by atoms with Crippen molar-refractivity contribution in [3.8, 4) is 5.75 Å². The molecule has 3 nitrogen and oxygen atoms in total. The van der Waals surface area contributed by atoms with Gasteiger partial charge in [-0.15, -0.1) is 0 Å². The quantitative estimate of drug-likeness (QED) is 0.825. The van der Waals surface area contributed by atoms with Gasteiger partial charge in [-0.05, 0) is 30.9 Å². The molecule has 0 bridgehead atoms. The van der Waals surface area contributed by atoms with E-state index in [0.29, 0.717) is 0 Å². The molecule has 1 aromatic rings. The van der Waals surface area contributed by atoms with Gasteiger partial charge in [-0.1, -0.05) is 49.8 Å². The third kappa shape index (κ3) is 2.66. The zero-order valence-electron chi connectivity index (χ0n) is 14.2. The number of fused-ring (bicyclic) bond motifs is 2. The van der Waals surface area contributed by atoms with Gasteiger partial charge in [-0.2, -0.15) is 0 Å². The largest absolute Gasteiger partial charge is 0.485 e. The van der Waals surface area contributed by atoms with Crippen molar-refractivity contribution in [3.05, 3.63) is 54.1 Å². The van der Waals surface area contributed by atoms with Crippen LogP contribution >= 0.6 is 0 Å². The molecule has 1 aliphatic carbocycles. The number of hydrogen-bond acceptors (Lipinski definition) is 2. The number of ether oxygens (including phenoxy) is 1. The molecule has 1 saturated heterocycles. The molecule has 0 saturated carbocycles. The first-order valence-electron chi connectivity index (χ1n) is 9.17. The van der Waals surface area contributed by atoms with E-state index in [1.165, 1.54) is 6.42 Å². The van der Waals surface area contributed by atoms with E-state index in [1.54, 1.807) is 0 Å². The first-order chi connectivity index (χ1) is 11.8. The predicted molar refractivity (Wildman–Crippen MR) is 95.0 cm³/mol. The molecular weight excluding hydrogens is 298 g/mol. The lowest BCUT2D eigenvalue weighted by atomic mass is 9.77. The topological polar surface area (TPSA) is 29.5 Å². The molecule has 24 heavy (non-hydrogen) atoms. The van der Waals surface area contributed by atoms with Crippen LogP contribution in [0.2, 0.25) is 0 Å². The van der Waals surface area contributed by atoms with Crippen molar-refractivity contribution >= 4 is 5.91 Å². The van der Waals surface area contributed by atoms with E-state index in [9.17, 15) is 4.79 Å². The van der Waals surface area contributed by atoms with Gasteiger partial charge in [0, 0.05) is 24.6 Å². The van der Waals surface area contributed by atoms with Gasteiger partial charge in [-0.25, -0.2) is 0 Å². The van der Waals surface area contributed by atoms with Crippen molar-refractivity contribution in [1.29, 1.82) is 0 Å². The second-order valence-electron chi connectivity index (χ2n) is 7.12. The highest BCUT2D eigenvalue weighted by Crippen LogP contribution is 2.43. The Bertz CT molecular complexity index is 670. The Labute approximate surface area is 144 Å². The number of amides is 1. The maximum atomic E-state index is 13.4. The summed E-state index contributed by atoms with van der Waals surface area (Å²) in [7, 11) is 0. The van der Waals surface area contributed by atoms with Crippen molar-refractivity contribution in [1.82, 2.24) is 4.90 Å². The molecule has 1 amide bonds. The summed E-state index contributed by atoms with van der Waals surface area (Å²) in [5, 5.41) is 0. The summed E-state index contributed by atoms with van der Waals surface area (Å²) in [5.74, 6) is 1.89. The maximum Gasteiger partial charge on any atom is 0.231 e. The Morgan fingerprint density at radius 3 is 2.71 bits per heavy atom. The van der Waals surface area contributed by atoms with Crippen molar-refractivity contribution in [2.45, 2.75) is 38.2 Å². The lowest BCUT2D eigenvalue weighted by Crippen LogP contribution is -2.46. The van der Waals surface area contributed by atoms with Gasteiger partial charge >= 0.3 is 0 Å². The molecule has 126 valence electrons. The molecule has 0 radical (unpaired) electrons. The van der Waals surface area contributed by atoms with Crippen LogP contribution in [0.25, 0.3) is 0 Å². The number of allylic oxidation sites excluding steroid dienone is 2. The average Bonchev–Trinajstić information content (AvgIpc) is 2.65. The van der Waals surface area contributed by atoms with E-state index in [0.717, 1.165) is 43.2 Å². The van der Waals surface area contributed by atoms with E-state index in [4.69, 9.17) is 4.74 Å². The molecule has 1 fully saturated rings. The molecule has 3 atom stereocenters. The third-order valence-corrected chi connectivity index (χ3v) is 5.80. The normalized spacial score (nSPS) is 28.9. The lowest BCUT2D eigenvalue weighted by molar-refractivity contribution is -0.136. The zero-order chi connectivity index (χ0) is 16.5.